The molecule has 0 aliphatic heterocycles. The van der Waals surface area contributed by atoms with Gasteiger partial charge in [0.25, 0.3) is 0 Å². The number of carbonyl (C=O) groups excluding carboxylic acids is 1. The molecular weight excluding hydrogens is 268 g/mol. The Morgan fingerprint density at radius 3 is 2.52 bits per heavy atom. The Balaban J connectivity index is 1.71. The van der Waals surface area contributed by atoms with Gasteiger partial charge in [0.05, 0.1) is 12.7 Å². The third-order valence-corrected chi connectivity index (χ3v) is 3.21. The lowest BCUT2D eigenvalue weighted by Gasteiger charge is -2.05. The lowest BCUT2D eigenvalue weighted by molar-refractivity contribution is 0.0922. The second-order valence-corrected chi connectivity index (χ2v) is 4.53. The zero-order valence-corrected chi connectivity index (χ0v) is 11.5. The Labute approximate surface area is 121 Å². The SMILES string of the molecule is COc1ccc(OCC(=O)c2coc3ccccc23)cc1. The number of fused-ring (bicyclic) bond motifs is 1. The number of ether oxygens (including phenoxy) is 2. The topological polar surface area (TPSA) is 48.7 Å². The van der Waals surface area contributed by atoms with Crippen LogP contribution in [0, 0.1) is 0 Å². The smallest absolute Gasteiger partial charge is 0.204 e. The molecule has 0 radical (unpaired) electrons. The quantitative estimate of drug-likeness (QED) is 0.669. The minimum absolute atomic E-state index is 0.0319. The van der Waals surface area contributed by atoms with Crippen LogP contribution in [0.1, 0.15) is 10.4 Å². The Hall–Kier alpha value is -2.75. The summed E-state index contributed by atoms with van der Waals surface area (Å²) < 4.78 is 15.9. The van der Waals surface area contributed by atoms with Crippen molar-refractivity contribution in [3.63, 3.8) is 0 Å². The van der Waals surface area contributed by atoms with Gasteiger partial charge in [0.15, 0.2) is 6.61 Å². The average Bonchev–Trinajstić information content (AvgIpc) is 2.97. The molecule has 4 heteroatoms. The highest BCUT2D eigenvalue weighted by Gasteiger charge is 2.13. The van der Waals surface area contributed by atoms with Gasteiger partial charge in [0, 0.05) is 5.39 Å². The third-order valence-electron chi connectivity index (χ3n) is 3.21. The number of carbonyl (C=O) groups is 1. The van der Waals surface area contributed by atoms with Gasteiger partial charge in [0.1, 0.15) is 23.3 Å². The number of furan rings is 1. The van der Waals surface area contributed by atoms with Gasteiger partial charge in [-0.3, -0.25) is 4.79 Å². The highest BCUT2D eigenvalue weighted by atomic mass is 16.5. The van der Waals surface area contributed by atoms with Gasteiger partial charge >= 0.3 is 0 Å². The molecule has 0 amide bonds. The lowest BCUT2D eigenvalue weighted by Crippen LogP contribution is -2.11. The molecule has 0 aliphatic rings. The molecule has 0 spiro atoms. The monoisotopic (exact) mass is 282 g/mol. The van der Waals surface area contributed by atoms with Gasteiger partial charge in [-0.15, -0.1) is 0 Å². The standard InChI is InChI=1S/C17H14O4/c1-19-12-6-8-13(9-7-12)20-11-16(18)15-10-21-17-5-3-2-4-14(15)17/h2-10H,11H2,1H3. The van der Waals surface area contributed by atoms with Crippen molar-refractivity contribution in [1.29, 1.82) is 0 Å². The largest absolute Gasteiger partial charge is 0.497 e. The number of benzene rings is 2. The first-order valence-electron chi connectivity index (χ1n) is 6.54. The van der Waals surface area contributed by atoms with Gasteiger partial charge in [-0.2, -0.15) is 0 Å². The van der Waals surface area contributed by atoms with E-state index in [1.165, 1.54) is 6.26 Å². The Kier molecular flexibility index (Phi) is 3.60. The van der Waals surface area contributed by atoms with Crippen molar-refractivity contribution >= 4 is 16.8 Å². The maximum atomic E-state index is 12.2. The summed E-state index contributed by atoms with van der Waals surface area (Å²) in [7, 11) is 1.60. The molecule has 4 nitrogen and oxygen atoms in total. The van der Waals surface area contributed by atoms with Crippen LogP contribution in [0.4, 0.5) is 0 Å². The Morgan fingerprint density at radius 2 is 1.76 bits per heavy atom. The first kappa shape index (κ1) is 13.2. The van der Waals surface area contributed by atoms with Crippen LogP contribution in [0.15, 0.2) is 59.2 Å². The first-order valence-corrected chi connectivity index (χ1v) is 6.54. The lowest BCUT2D eigenvalue weighted by atomic mass is 10.1. The summed E-state index contributed by atoms with van der Waals surface area (Å²) >= 11 is 0. The first-order chi connectivity index (χ1) is 10.3. The number of Topliss-reactive ketones (excluding diaryl/α,β-unsaturated/α-hetero) is 1. The van der Waals surface area contributed by atoms with Crippen LogP contribution in [0.25, 0.3) is 11.0 Å². The molecule has 106 valence electrons. The molecule has 0 N–H and O–H groups in total. The molecular formula is C17H14O4. The number of ketones is 1. The minimum Gasteiger partial charge on any atom is -0.497 e. The van der Waals surface area contributed by atoms with Crippen LogP contribution in [0.3, 0.4) is 0 Å². The molecule has 0 aliphatic carbocycles. The molecule has 0 saturated heterocycles. The average molecular weight is 282 g/mol. The molecule has 1 heterocycles. The maximum Gasteiger partial charge on any atom is 0.204 e. The van der Waals surface area contributed by atoms with Crippen LogP contribution in [-0.4, -0.2) is 19.5 Å². The zero-order chi connectivity index (χ0) is 14.7. The van der Waals surface area contributed by atoms with Crippen LogP contribution in [-0.2, 0) is 0 Å². The highest BCUT2D eigenvalue weighted by Crippen LogP contribution is 2.22. The van der Waals surface area contributed by atoms with E-state index in [1.54, 1.807) is 31.4 Å². The van der Waals surface area contributed by atoms with Crippen LogP contribution >= 0.6 is 0 Å². The van der Waals surface area contributed by atoms with Gasteiger partial charge in [-0.25, -0.2) is 0 Å². The number of para-hydroxylation sites is 1. The molecule has 3 aromatic rings. The minimum atomic E-state index is -0.115. The molecule has 21 heavy (non-hydrogen) atoms. The Morgan fingerprint density at radius 1 is 1.05 bits per heavy atom. The highest BCUT2D eigenvalue weighted by molar-refractivity contribution is 6.07. The number of hydrogen-bond acceptors (Lipinski definition) is 4. The van der Waals surface area contributed by atoms with E-state index in [2.05, 4.69) is 0 Å². The van der Waals surface area contributed by atoms with Crippen molar-refractivity contribution in [1.82, 2.24) is 0 Å². The van der Waals surface area contributed by atoms with Gasteiger partial charge in [-0.05, 0) is 30.3 Å². The zero-order valence-electron chi connectivity index (χ0n) is 11.5. The van der Waals surface area contributed by atoms with Crippen LogP contribution in [0.5, 0.6) is 11.5 Å². The number of methoxy groups -OCH3 is 1. The number of hydrogen-bond donors (Lipinski definition) is 0. The summed E-state index contributed by atoms with van der Waals surface area (Å²) in [5.74, 6) is 1.25. The van der Waals surface area contributed by atoms with Crippen molar-refractivity contribution < 1.29 is 18.7 Å². The summed E-state index contributed by atoms with van der Waals surface area (Å²) in [6, 6.07) is 14.5. The van der Waals surface area contributed by atoms with Gasteiger partial charge in [0.2, 0.25) is 5.78 Å². The van der Waals surface area contributed by atoms with Crippen molar-refractivity contribution in [2.45, 2.75) is 0 Å². The summed E-state index contributed by atoms with van der Waals surface area (Å²) in [6.07, 6.45) is 1.48. The van der Waals surface area contributed by atoms with E-state index in [0.29, 0.717) is 16.9 Å². The van der Waals surface area contributed by atoms with Crippen LogP contribution in [0.2, 0.25) is 0 Å². The summed E-state index contributed by atoms with van der Waals surface area (Å²) in [5, 5.41) is 0.806. The molecule has 0 bridgehead atoms. The van der Waals surface area contributed by atoms with Gasteiger partial charge < -0.3 is 13.9 Å². The molecule has 3 rings (SSSR count). The van der Waals surface area contributed by atoms with E-state index in [-0.39, 0.29) is 12.4 Å². The van der Waals surface area contributed by atoms with E-state index in [1.807, 2.05) is 24.3 Å². The van der Waals surface area contributed by atoms with Crippen LogP contribution < -0.4 is 9.47 Å². The molecule has 0 fully saturated rings. The predicted octanol–water partition coefficient (Wildman–Crippen LogP) is 3.70. The van der Waals surface area contributed by atoms with E-state index in [4.69, 9.17) is 13.9 Å². The molecule has 0 atom stereocenters. The fourth-order valence-electron chi connectivity index (χ4n) is 2.09. The molecule has 2 aromatic carbocycles. The van der Waals surface area contributed by atoms with E-state index >= 15 is 0 Å². The predicted molar refractivity (Wildman–Crippen MR) is 79.0 cm³/mol. The normalized spacial score (nSPS) is 10.5. The fourth-order valence-corrected chi connectivity index (χ4v) is 2.09. The molecule has 0 saturated carbocycles. The fraction of sp³-hybridized carbons (Fsp3) is 0.118. The van der Waals surface area contributed by atoms with E-state index in [9.17, 15) is 4.79 Å². The second kappa shape index (κ2) is 5.71. The van der Waals surface area contributed by atoms with Crippen molar-refractivity contribution in [2.75, 3.05) is 13.7 Å². The molecule has 0 unspecified atom stereocenters. The second-order valence-electron chi connectivity index (χ2n) is 4.53. The summed E-state index contributed by atoms with van der Waals surface area (Å²) in [4.78, 5) is 12.2. The molecule has 1 aromatic heterocycles. The Bertz CT molecular complexity index is 756. The summed E-state index contributed by atoms with van der Waals surface area (Å²) in [5.41, 5.74) is 1.24. The third kappa shape index (κ3) is 2.74. The van der Waals surface area contributed by atoms with Crippen molar-refractivity contribution in [3.8, 4) is 11.5 Å². The van der Waals surface area contributed by atoms with Crippen molar-refractivity contribution in [2.24, 2.45) is 0 Å². The van der Waals surface area contributed by atoms with Crippen molar-refractivity contribution in [3.05, 3.63) is 60.4 Å². The van der Waals surface area contributed by atoms with E-state index in [0.717, 1.165) is 11.1 Å². The maximum absolute atomic E-state index is 12.2. The van der Waals surface area contributed by atoms with Gasteiger partial charge in [-0.1, -0.05) is 18.2 Å². The number of rotatable bonds is 5. The summed E-state index contributed by atoms with van der Waals surface area (Å²) in [6.45, 7) is -0.0319. The van der Waals surface area contributed by atoms with E-state index < -0.39 is 0 Å².